The molecular formula is C19H34O11. The molecule has 11 atom stereocenters. The number of hydrogen-bond donors (Lipinski definition) is 6. The van der Waals surface area contributed by atoms with Gasteiger partial charge in [-0.3, -0.25) is 4.79 Å². The van der Waals surface area contributed by atoms with Crippen molar-refractivity contribution in [3.63, 3.8) is 0 Å². The van der Waals surface area contributed by atoms with Crippen molar-refractivity contribution in [2.45, 2.75) is 102 Å². The van der Waals surface area contributed by atoms with Gasteiger partial charge in [0, 0.05) is 6.42 Å². The molecule has 2 aliphatic rings. The predicted molar refractivity (Wildman–Crippen MR) is 100.0 cm³/mol. The maximum Gasteiger partial charge on any atom is 0.187 e. The van der Waals surface area contributed by atoms with Gasteiger partial charge in [0.15, 0.2) is 18.4 Å². The summed E-state index contributed by atoms with van der Waals surface area (Å²) in [5.41, 5.74) is 0. The summed E-state index contributed by atoms with van der Waals surface area (Å²) in [6.07, 6.45) is -14.5. The number of hydrogen-bond acceptors (Lipinski definition) is 11. The molecule has 0 radical (unpaired) electrons. The number of carbonyl (C=O) groups is 1. The summed E-state index contributed by atoms with van der Waals surface area (Å²) in [6.45, 7) is 6.35. The number of aliphatic hydroxyl groups is 6. The minimum absolute atomic E-state index is 0.118. The van der Waals surface area contributed by atoms with E-state index in [0.29, 0.717) is 0 Å². The van der Waals surface area contributed by atoms with Gasteiger partial charge in [-0.15, -0.1) is 0 Å². The van der Waals surface area contributed by atoms with Crippen LogP contribution in [0.5, 0.6) is 0 Å². The average Bonchev–Trinajstić information content (AvgIpc) is 2.68. The van der Waals surface area contributed by atoms with Crippen LogP contribution < -0.4 is 0 Å². The molecule has 0 aromatic rings. The lowest BCUT2D eigenvalue weighted by atomic mass is 9.98. The highest BCUT2D eigenvalue weighted by molar-refractivity contribution is 5.82. The summed E-state index contributed by atoms with van der Waals surface area (Å²) in [5.74, 6) is -0.0815. The smallest absolute Gasteiger partial charge is 0.187 e. The van der Waals surface area contributed by atoms with Gasteiger partial charge in [-0.25, -0.2) is 0 Å². The summed E-state index contributed by atoms with van der Waals surface area (Å²) in [5, 5.41) is 60.1. The molecule has 0 aromatic heterocycles. The molecule has 6 N–H and O–H groups in total. The van der Waals surface area contributed by atoms with E-state index < -0.39 is 74.1 Å². The molecule has 0 amide bonds. The SMILES string of the molecule is CC(C)CC(=O)C(C)O[C@@H]1O[C@H](CO[C@@H]2O[C@@H](C)[C@H](O)[C@@H](O)[C@H]2O)[C@@H](O)[C@H](O)[C@H]1O. The van der Waals surface area contributed by atoms with E-state index in [1.807, 2.05) is 13.8 Å². The minimum Gasteiger partial charge on any atom is -0.388 e. The fourth-order valence-corrected chi connectivity index (χ4v) is 3.35. The van der Waals surface area contributed by atoms with Crippen LogP contribution in [0, 0.1) is 5.92 Å². The zero-order chi connectivity index (χ0) is 22.7. The summed E-state index contributed by atoms with van der Waals surface area (Å²) < 4.78 is 21.7. The van der Waals surface area contributed by atoms with Crippen molar-refractivity contribution in [3.05, 3.63) is 0 Å². The molecule has 11 heteroatoms. The number of carbonyl (C=O) groups excluding carboxylic acids is 1. The van der Waals surface area contributed by atoms with E-state index in [2.05, 4.69) is 0 Å². The first kappa shape index (κ1) is 25.5. The van der Waals surface area contributed by atoms with E-state index >= 15 is 0 Å². The van der Waals surface area contributed by atoms with Crippen LogP contribution >= 0.6 is 0 Å². The third-order valence-electron chi connectivity index (χ3n) is 5.30. The molecule has 0 aromatic carbocycles. The molecule has 30 heavy (non-hydrogen) atoms. The lowest BCUT2D eigenvalue weighted by molar-refractivity contribution is -0.331. The third kappa shape index (κ3) is 5.94. The third-order valence-corrected chi connectivity index (χ3v) is 5.30. The minimum atomic E-state index is -1.63. The molecule has 11 nitrogen and oxygen atoms in total. The van der Waals surface area contributed by atoms with Crippen LogP contribution in [0.2, 0.25) is 0 Å². The molecule has 0 spiro atoms. The first-order chi connectivity index (χ1) is 13.9. The fraction of sp³-hybridized carbons (Fsp3) is 0.947. The zero-order valence-corrected chi connectivity index (χ0v) is 17.6. The Bertz CT molecular complexity index is 559. The lowest BCUT2D eigenvalue weighted by Gasteiger charge is -2.42. The van der Waals surface area contributed by atoms with Gasteiger partial charge >= 0.3 is 0 Å². The highest BCUT2D eigenvalue weighted by Gasteiger charge is 2.47. The van der Waals surface area contributed by atoms with Crippen LogP contribution in [-0.2, 0) is 23.7 Å². The van der Waals surface area contributed by atoms with Crippen molar-refractivity contribution in [1.82, 2.24) is 0 Å². The average molecular weight is 438 g/mol. The Labute approximate surface area is 175 Å². The molecule has 2 rings (SSSR count). The summed E-state index contributed by atoms with van der Waals surface area (Å²) in [7, 11) is 0. The van der Waals surface area contributed by atoms with Gasteiger partial charge in [-0.05, 0) is 19.8 Å². The standard InChI is InChI=1S/C19H34O11/c1-7(2)5-10(20)8(3)28-19-17(26)15(24)13(22)11(30-19)6-27-18-16(25)14(23)12(21)9(4)29-18/h7-9,11-19,21-26H,5-6H2,1-4H3/t8?,9-,11+,12-,13+,14+,15-,16+,17+,18+,19+/m0/s1. The number of Topliss-reactive ketones (excluding diaryl/α,β-unsaturated/α-hetero) is 1. The van der Waals surface area contributed by atoms with Crippen LogP contribution in [0.25, 0.3) is 0 Å². The van der Waals surface area contributed by atoms with E-state index in [9.17, 15) is 35.4 Å². The van der Waals surface area contributed by atoms with E-state index in [-0.39, 0.29) is 18.1 Å². The highest BCUT2D eigenvalue weighted by Crippen LogP contribution is 2.26. The quantitative estimate of drug-likeness (QED) is 0.239. The first-order valence-corrected chi connectivity index (χ1v) is 10.1. The van der Waals surface area contributed by atoms with Gasteiger partial charge in [0.05, 0.1) is 12.7 Å². The molecule has 2 heterocycles. The molecule has 1 unspecified atom stereocenters. The van der Waals surface area contributed by atoms with Crippen LogP contribution in [-0.4, -0.2) is 111 Å². The monoisotopic (exact) mass is 438 g/mol. The Kier molecular flexibility index (Phi) is 9.13. The van der Waals surface area contributed by atoms with Crippen LogP contribution in [0.3, 0.4) is 0 Å². The van der Waals surface area contributed by atoms with Gasteiger partial charge < -0.3 is 49.6 Å². The highest BCUT2D eigenvalue weighted by atomic mass is 16.7. The fourth-order valence-electron chi connectivity index (χ4n) is 3.35. The van der Waals surface area contributed by atoms with E-state index in [1.165, 1.54) is 13.8 Å². The first-order valence-electron chi connectivity index (χ1n) is 10.1. The Morgan fingerprint density at radius 1 is 0.833 bits per heavy atom. The van der Waals surface area contributed by atoms with E-state index in [0.717, 1.165) is 0 Å². The molecule has 176 valence electrons. The number of ketones is 1. The lowest BCUT2D eigenvalue weighted by Crippen LogP contribution is -2.61. The van der Waals surface area contributed by atoms with Crippen molar-refractivity contribution in [2.75, 3.05) is 6.61 Å². The van der Waals surface area contributed by atoms with Gasteiger partial charge in [-0.1, -0.05) is 13.8 Å². The molecule has 0 bridgehead atoms. The predicted octanol–water partition coefficient (Wildman–Crippen LogP) is -2.34. The molecule has 0 saturated carbocycles. The molecule has 0 aliphatic carbocycles. The number of ether oxygens (including phenoxy) is 4. The van der Waals surface area contributed by atoms with Crippen molar-refractivity contribution in [2.24, 2.45) is 5.92 Å². The topological polar surface area (TPSA) is 175 Å². The number of rotatable bonds is 8. The normalized spacial score (nSPS) is 43.6. The summed E-state index contributed by atoms with van der Waals surface area (Å²) in [6, 6.07) is 0. The van der Waals surface area contributed by atoms with Crippen LogP contribution in [0.15, 0.2) is 0 Å². The van der Waals surface area contributed by atoms with Gasteiger partial charge in [0.1, 0.15) is 48.8 Å². The van der Waals surface area contributed by atoms with Gasteiger partial charge in [0.25, 0.3) is 0 Å². The van der Waals surface area contributed by atoms with Crippen molar-refractivity contribution >= 4 is 5.78 Å². The van der Waals surface area contributed by atoms with Crippen LogP contribution in [0.1, 0.15) is 34.1 Å². The molecular weight excluding hydrogens is 404 g/mol. The summed E-state index contributed by atoms with van der Waals surface area (Å²) in [4.78, 5) is 12.1. The van der Waals surface area contributed by atoms with Gasteiger partial charge in [-0.2, -0.15) is 0 Å². The van der Waals surface area contributed by atoms with Crippen molar-refractivity contribution in [3.8, 4) is 0 Å². The summed E-state index contributed by atoms with van der Waals surface area (Å²) >= 11 is 0. The Hall–Kier alpha value is -0.730. The Morgan fingerprint density at radius 2 is 1.40 bits per heavy atom. The molecule has 2 saturated heterocycles. The van der Waals surface area contributed by atoms with Crippen LogP contribution in [0.4, 0.5) is 0 Å². The van der Waals surface area contributed by atoms with E-state index in [4.69, 9.17) is 18.9 Å². The van der Waals surface area contributed by atoms with Crippen molar-refractivity contribution < 1.29 is 54.4 Å². The Balaban J connectivity index is 1.98. The largest absolute Gasteiger partial charge is 0.388 e. The second kappa shape index (κ2) is 10.7. The maximum absolute atomic E-state index is 12.1. The van der Waals surface area contributed by atoms with Crippen molar-refractivity contribution in [1.29, 1.82) is 0 Å². The maximum atomic E-state index is 12.1. The zero-order valence-electron chi connectivity index (χ0n) is 17.6. The van der Waals surface area contributed by atoms with E-state index in [1.54, 1.807) is 0 Å². The molecule has 2 fully saturated rings. The molecule has 2 aliphatic heterocycles. The Morgan fingerprint density at radius 3 is 2.00 bits per heavy atom. The van der Waals surface area contributed by atoms with Gasteiger partial charge in [0.2, 0.25) is 0 Å². The second-order valence-electron chi connectivity index (χ2n) is 8.37. The second-order valence-corrected chi connectivity index (χ2v) is 8.37. The number of aliphatic hydroxyl groups excluding tert-OH is 6.